The van der Waals surface area contributed by atoms with E-state index in [1.54, 1.807) is 6.08 Å². The minimum atomic E-state index is 0.338. The number of carbonyl (C=O) groups is 1. The molecule has 0 atom stereocenters. The van der Waals surface area contributed by atoms with Crippen molar-refractivity contribution in [2.45, 2.75) is 13.3 Å². The fourth-order valence-corrected chi connectivity index (χ4v) is 0.243. The second-order valence-electron chi connectivity index (χ2n) is 1.19. The predicted octanol–water partition coefficient (Wildman–Crippen LogP) is 1.15. The van der Waals surface area contributed by atoms with Gasteiger partial charge in [-0.05, 0) is 13.0 Å². The summed E-state index contributed by atoms with van der Waals surface area (Å²) < 4.78 is 0. The molecule has 0 bridgehead atoms. The Bertz CT molecular complexity index is 134. The molecule has 0 aromatic rings. The maximum atomic E-state index is 9.64. The molecule has 0 saturated heterocycles. The van der Waals surface area contributed by atoms with Gasteiger partial charge >= 0.3 is 0 Å². The zero-order valence-corrected chi connectivity index (χ0v) is 4.85. The van der Waals surface area contributed by atoms with Crippen LogP contribution >= 0.6 is 0 Å². The van der Waals surface area contributed by atoms with Crippen LogP contribution in [0.2, 0.25) is 0 Å². The van der Waals surface area contributed by atoms with Crippen molar-refractivity contribution in [2.24, 2.45) is 0 Å². The lowest BCUT2D eigenvalue weighted by atomic mass is 10.4. The summed E-state index contributed by atoms with van der Waals surface area (Å²) in [5, 5.41) is 0. The minimum Gasteiger partial charge on any atom is -0.302 e. The molecule has 1 nitrogen and oxygen atoms in total. The second-order valence-corrected chi connectivity index (χ2v) is 1.19. The summed E-state index contributed by atoms with van der Waals surface area (Å²) in [6.07, 6.45) is 4.67. The zero-order valence-electron chi connectivity index (χ0n) is 4.85. The number of aldehydes is 1. The van der Waals surface area contributed by atoms with E-state index < -0.39 is 0 Å². The van der Waals surface area contributed by atoms with Crippen molar-refractivity contribution < 1.29 is 4.79 Å². The first-order valence-electron chi connectivity index (χ1n) is 2.45. The van der Waals surface area contributed by atoms with Gasteiger partial charge in [-0.2, -0.15) is 0 Å². The van der Waals surface area contributed by atoms with E-state index in [0.717, 1.165) is 6.29 Å². The normalized spacial score (nSPS) is 8.12. The molecule has 0 radical (unpaired) electrons. The smallest absolute Gasteiger partial charge is 0.131 e. The van der Waals surface area contributed by atoms with Crippen LogP contribution in [0.1, 0.15) is 13.3 Å². The Kier molecular flexibility index (Phi) is 5.20. The second kappa shape index (κ2) is 5.97. The molecule has 0 aliphatic carbocycles. The van der Waals surface area contributed by atoms with Gasteiger partial charge < -0.3 is 4.79 Å². The van der Waals surface area contributed by atoms with E-state index in [-0.39, 0.29) is 0 Å². The highest BCUT2D eigenvalue weighted by molar-refractivity contribution is 5.54. The van der Waals surface area contributed by atoms with Crippen molar-refractivity contribution in [2.75, 3.05) is 0 Å². The molecule has 1 heteroatoms. The van der Waals surface area contributed by atoms with E-state index in [4.69, 9.17) is 0 Å². The van der Waals surface area contributed by atoms with E-state index >= 15 is 0 Å². The summed E-state index contributed by atoms with van der Waals surface area (Å²) in [5.74, 6) is 5.31. The Morgan fingerprint density at radius 2 is 2.38 bits per heavy atom. The minimum absolute atomic E-state index is 0.338. The summed E-state index contributed by atoms with van der Waals surface area (Å²) in [6, 6.07) is 0. The zero-order chi connectivity index (χ0) is 6.24. The summed E-state index contributed by atoms with van der Waals surface area (Å²) in [6.45, 7) is 1.88. The van der Waals surface area contributed by atoms with Crippen LogP contribution in [-0.4, -0.2) is 6.29 Å². The van der Waals surface area contributed by atoms with Crippen molar-refractivity contribution in [3.63, 3.8) is 0 Å². The third-order valence-corrected chi connectivity index (χ3v) is 0.537. The van der Waals surface area contributed by atoms with Gasteiger partial charge in [0.1, 0.15) is 6.29 Å². The third-order valence-electron chi connectivity index (χ3n) is 0.537. The number of hydrogen-bond donors (Lipinski definition) is 0. The lowest BCUT2D eigenvalue weighted by Crippen LogP contribution is -1.63. The summed E-state index contributed by atoms with van der Waals surface area (Å²) >= 11 is 0. The average molecular weight is 108 g/mol. The van der Waals surface area contributed by atoms with Gasteiger partial charge in [0.05, 0.1) is 6.42 Å². The van der Waals surface area contributed by atoms with Crippen LogP contribution in [0, 0.1) is 11.8 Å². The maximum Gasteiger partial charge on any atom is 0.131 e. The van der Waals surface area contributed by atoms with Crippen molar-refractivity contribution in [1.29, 1.82) is 0 Å². The molecule has 0 aromatic heterocycles. The Morgan fingerprint density at radius 3 is 2.88 bits per heavy atom. The summed E-state index contributed by atoms with van der Waals surface area (Å²) in [7, 11) is 0. The van der Waals surface area contributed by atoms with Gasteiger partial charge in [0.25, 0.3) is 0 Å². The lowest BCUT2D eigenvalue weighted by molar-refractivity contribution is -0.107. The van der Waals surface area contributed by atoms with Crippen LogP contribution in [-0.2, 0) is 4.79 Å². The van der Waals surface area contributed by atoms with Gasteiger partial charge in [0, 0.05) is 0 Å². The Hall–Kier alpha value is -1.03. The number of rotatable bonds is 1. The molecule has 8 heavy (non-hydrogen) atoms. The Labute approximate surface area is 49.4 Å². The molecule has 0 saturated carbocycles. The monoisotopic (exact) mass is 108 g/mol. The predicted molar refractivity (Wildman–Crippen MR) is 33.3 cm³/mol. The van der Waals surface area contributed by atoms with Gasteiger partial charge in [0.2, 0.25) is 0 Å². The van der Waals surface area contributed by atoms with Crippen LogP contribution in [0.5, 0.6) is 0 Å². The van der Waals surface area contributed by atoms with Gasteiger partial charge in [-0.3, -0.25) is 0 Å². The molecule has 42 valence electrons. The first kappa shape index (κ1) is 6.97. The molecule has 0 spiro atoms. The van der Waals surface area contributed by atoms with Crippen molar-refractivity contribution >= 4 is 6.29 Å². The summed E-state index contributed by atoms with van der Waals surface area (Å²) in [5.41, 5.74) is 0. The number of carbonyl (C=O) groups excluding carboxylic acids is 1. The Balaban J connectivity index is 3.34. The summed E-state index contributed by atoms with van der Waals surface area (Å²) in [4.78, 5) is 9.64. The van der Waals surface area contributed by atoms with Gasteiger partial charge in [0.15, 0.2) is 0 Å². The molecule has 0 rings (SSSR count). The highest BCUT2D eigenvalue weighted by Gasteiger charge is 1.63. The molecule has 0 aliphatic heterocycles. The highest BCUT2D eigenvalue weighted by atomic mass is 16.1. The third kappa shape index (κ3) is 4.97. The van der Waals surface area contributed by atoms with E-state index in [2.05, 4.69) is 11.8 Å². The van der Waals surface area contributed by atoms with Crippen LogP contribution in [0.15, 0.2) is 12.2 Å². The first-order chi connectivity index (χ1) is 3.91. The van der Waals surface area contributed by atoms with E-state index in [9.17, 15) is 4.79 Å². The Morgan fingerprint density at radius 1 is 1.62 bits per heavy atom. The molecule has 0 fully saturated rings. The van der Waals surface area contributed by atoms with E-state index in [0.29, 0.717) is 6.42 Å². The largest absolute Gasteiger partial charge is 0.302 e. The molecule has 0 unspecified atom stereocenters. The van der Waals surface area contributed by atoms with Gasteiger partial charge in [-0.25, -0.2) is 0 Å². The van der Waals surface area contributed by atoms with Gasteiger partial charge in [-0.15, -0.1) is 0 Å². The van der Waals surface area contributed by atoms with E-state index in [1.807, 2.05) is 13.0 Å². The van der Waals surface area contributed by atoms with Crippen LogP contribution in [0.4, 0.5) is 0 Å². The SMILES string of the molecule is C/C=C/C#CCC=O. The van der Waals surface area contributed by atoms with Gasteiger partial charge in [-0.1, -0.05) is 17.9 Å². The molecule has 0 aromatic carbocycles. The maximum absolute atomic E-state index is 9.64. The molecule has 0 N–H and O–H groups in total. The standard InChI is InChI=1S/C7H8O/c1-2-3-4-5-6-7-8/h2-3,7H,6H2,1H3/b3-2+. The molecule has 0 heterocycles. The van der Waals surface area contributed by atoms with Crippen LogP contribution < -0.4 is 0 Å². The van der Waals surface area contributed by atoms with E-state index in [1.165, 1.54) is 0 Å². The quantitative estimate of drug-likeness (QED) is 0.364. The average Bonchev–Trinajstić information content (AvgIpc) is 1.81. The van der Waals surface area contributed by atoms with Crippen LogP contribution in [0.25, 0.3) is 0 Å². The van der Waals surface area contributed by atoms with Crippen molar-refractivity contribution in [3.05, 3.63) is 12.2 Å². The number of allylic oxidation sites excluding steroid dienone is 2. The molecular weight excluding hydrogens is 100 g/mol. The molecule has 0 amide bonds. The first-order valence-corrected chi connectivity index (χ1v) is 2.45. The topological polar surface area (TPSA) is 17.1 Å². The number of hydrogen-bond acceptors (Lipinski definition) is 1. The lowest BCUT2D eigenvalue weighted by Gasteiger charge is -1.63. The van der Waals surface area contributed by atoms with Crippen LogP contribution in [0.3, 0.4) is 0 Å². The fourth-order valence-electron chi connectivity index (χ4n) is 0.243. The fraction of sp³-hybridized carbons (Fsp3) is 0.286. The molecule has 0 aliphatic rings. The highest BCUT2D eigenvalue weighted by Crippen LogP contribution is 1.67. The molecular formula is C7H8O. The van der Waals surface area contributed by atoms with Crippen molar-refractivity contribution in [3.8, 4) is 11.8 Å². The van der Waals surface area contributed by atoms with Crippen molar-refractivity contribution in [1.82, 2.24) is 0 Å².